The van der Waals surface area contributed by atoms with Crippen molar-refractivity contribution in [1.82, 2.24) is 5.32 Å². The van der Waals surface area contributed by atoms with Crippen LogP contribution in [0.2, 0.25) is 0 Å². The fraction of sp³-hybridized carbons (Fsp3) is 0.316. The average molecular weight is 360 g/mol. The highest BCUT2D eigenvalue weighted by molar-refractivity contribution is 7.92. The van der Waals surface area contributed by atoms with Crippen LogP contribution < -0.4 is 10.0 Å². The molecule has 0 atom stereocenters. The van der Waals surface area contributed by atoms with Crippen molar-refractivity contribution in [2.75, 3.05) is 11.3 Å². The lowest BCUT2D eigenvalue weighted by Gasteiger charge is -2.10. The Labute approximate surface area is 149 Å². The molecule has 0 aromatic heterocycles. The van der Waals surface area contributed by atoms with E-state index < -0.39 is 10.0 Å². The van der Waals surface area contributed by atoms with Gasteiger partial charge in [-0.2, -0.15) is 0 Å². The molecule has 2 aromatic rings. The van der Waals surface area contributed by atoms with E-state index in [1.54, 1.807) is 24.3 Å². The van der Waals surface area contributed by atoms with Crippen molar-refractivity contribution < 1.29 is 13.2 Å². The summed E-state index contributed by atoms with van der Waals surface area (Å²) < 4.78 is 27.6. The first-order valence-electron chi connectivity index (χ1n) is 8.40. The fourth-order valence-electron chi connectivity index (χ4n) is 2.32. The van der Waals surface area contributed by atoms with Crippen molar-refractivity contribution in [3.63, 3.8) is 0 Å². The van der Waals surface area contributed by atoms with Gasteiger partial charge in [-0.1, -0.05) is 43.5 Å². The van der Waals surface area contributed by atoms with Crippen molar-refractivity contribution in [2.45, 2.75) is 38.0 Å². The third-order valence-electron chi connectivity index (χ3n) is 3.78. The summed E-state index contributed by atoms with van der Waals surface area (Å²) in [4.78, 5) is 12.2. The molecule has 0 aliphatic heterocycles. The third-order valence-corrected chi connectivity index (χ3v) is 5.16. The van der Waals surface area contributed by atoms with Crippen molar-refractivity contribution in [2.24, 2.45) is 0 Å². The SMILES string of the molecule is CCCCCNC(=O)c1cccc(S(=O)(=O)Nc2ccc(C)cc2)c1. The zero-order valence-corrected chi connectivity index (χ0v) is 15.4. The summed E-state index contributed by atoms with van der Waals surface area (Å²) in [7, 11) is -3.74. The molecular formula is C19H24N2O3S. The molecule has 0 unspecified atom stereocenters. The predicted molar refractivity (Wildman–Crippen MR) is 100 cm³/mol. The lowest BCUT2D eigenvalue weighted by atomic mass is 10.2. The molecule has 2 N–H and O–H groups in total. The Morgan fingerprint density at radius 2 is 1.76 bits per heavy atom. The Bertz CT molecular complexity index is 815. The highest BCUT2D eigenvalue weighted by Crippen LogP contribution is 2.17. The number of hydrogen-bond acceptors (Lipinski definition) is 3. The molecule has 0 aliphatic rings. The molecule has 6 heteroatoms. The van der Waals surface area contributed by atoms with Gasteiger partial charge in [0.05, 0.1) is 4.90 Å². The normalized spacial score (nSPS) is 11.1. The van der Waals surface area contributed by atoms with Crippen LogP contribution in [-0.4, -0.2) is 20.9 Å². The number of unbranched alkanes of at least 4 members (excludes halogenated alkanes) is 2. The topological polar surface area (TPSA) is 75.3 Å². The molecule has 1 amide bonds. The van der Waals surface area contributed by atoms with E-state index in [-0.39, 0.29) is 10.8 Å². The van der Waals surface area contributed by atoms with E-state index >= 15 is 0 Å². The molecule has 0 spiro atoms. The van der Waals surface area contributed by atoms with E-state index in [1.165, 1.54) is 12.1 Å². The number of carbonyl (C=O) groups is 1. The van der Waals surface area contributed by atoms with Crippen molar-refractivity contribution >= 4 is 21.6 Å². The van der Waals surface area contributed by atoms with E-state index in [1.807, 2.05) is 19.1 Å². The molecular weight excluding hydrogens is 336 g/mol. The Balaban J connectivity index is 2.10. The van der Waals surface area contributed by atoms with Crippen LogP contribution >= 0.6 is 0 Å². The number of aryl methyl sites for hydroxylation is 1. The average Bonchev–Trinajstić information content (AvgIpc) is 2.60. The molecule has 0 fully saturated rings. The summed E-state index contributed by atoms with van der Waals surface area (Å²) in [6.45, 7) is 4.61. The molecule has 0 saturated heterocycles. The van der Waals surface area contributed by atoms with Gasteiger partial charge in [0.2, 0.25) is 0 Å². The second-order valence-corrected chi connectivity index (χ2v) is 7.64. The number of carbonyl (C=O) groups excluding carboxylic acids is 1. The first kappa shape index (κ1) is 19.0. The summed E-state index contributed by atoms with van der Waals surface area (Å²) in [5.41, 5.74) is 1.87. The number of rotatable bonds is 8. The van der Waals surface area contributed by atoms with Crippen molar-refractivity contribution in [1.29, 1.82) is 0 Å². The zero-order valence-electron chi connectivity index (χ0n) is 14.6. The lowest BCUT2D eigenvalue weighted by molar-refractivity contribution is 0.0952. The molecule has 2 aromatic carbocycles. The van der Waals surface area contributed by atoms with Crippen LogP contribution in [0.4, 0.5) is 5.69 Å². The summed E-state index contributed by atoms with van der Waals surface area (Å²) in [5, 5.41) is 2.81. The Morgan fingerprint density at radius 1 is 1.04 bits per heavy atom. The molecule has 0 heterocycles. The molecule has 5 nitrogen and oxygen atoms in total. The first-order valence-corrected chi connectivity index (χ1v) is 9.88. The number of hydrogen-bond donors (Lipinski definition) is 2. The lowest BCUT2D eigenvalue weighted by Crippen LogP contribution is -2.24. The van der Waals surface area contributed by atoms with Crippen molar-refractivity contribution in [3.8, 4) is 0 Å². The quantitative estimate of drug-likeness (QED) is 0.705. The number of nitrogens with one attached hydrogen (secondary N) is 2. The Morgan fingerprint density at radius 3 is 2.44 bits per heavy atom. The summed E-state index contributed by atoms with van der Waals surface area (Å²) in [6.07, 6.45) is 3.04. The minimum atomic E-state index is -3.74. The van der Waals surface area contributed by atoms with E-state index in [9.17, 15) is 13.2 Å². The molecule has 0 radical (unpaired) electrons. The van der Waals surface area contributed by atoms with Crippen LogP contribution in [0.25, 0.3) is 0 Å². The first-order chi connectivity index (χ1) is 11.9. The van der Waals surface area contributed by atoms with Gasteiger partial charge in [0, 0.05) is 17.8 Å². The number of sulfonamides is 1. The van der Waals surface area contributed by atoms with Gasteiger partial charge >= 0.3 is 0 Å². The molecule has 134 valence electrons. The molecule has 0 saturated carbocycles. The van der Waals surface area contributed by atoms with Gasteiger partial charge in [0.15, 0.2) is 0 Å². The second-order valence-electron chi connectivity index (χ2n) is 5.96. The van der Waals surface area contributed by atoms with Crippen molar-refractivity contribution in [3.05, 3.63) is 59.7 Å². The van der Waals surface area contributed by atoms with Gasteiger partial charge in [0.25, 0.3) is 15.9 Å². The van der Waals surface area contributed by atoms with Gasteiger partial charge in [-0.05, 0) is 43.7 Å². The van der Waals surface area contributed by atoms with Crippen LogP contribution in [-0.2, 0) is 10.0 Å². The molecule has 2 rings (SSSR count). The summed E-state index contributed by atoms with van der Waals surface area (Å²) in [6, 6.07) is 13.1. The van der Waals surface area contributed by atoms with Crippen LogP contribution in [0.1, 0.15) is 42.1 Å². The minimum absolute atomic E-state index is 0.0642. The van der Waals surface area contributed by atoms with Gasteiger partial charge in [-0.3, -0.25) is 9.52 Å². The summed E-state index contributed by atoms with van der Waals surface area (Å²) >= 11 is 0. The van der Waals surface area contributed by atoms with Gasteiger partial charge in [-0.15, -0.1) is 0 Å². The second kappa shape index (κ2) is 8.67. The maximum atomic E-state index is 12.5. The summed E-state index contributed by atoms with van der Waals surface area (Å²) in [5.74, 6) is -0.261. The van der Waals surface area contributed by atoms with E-state index in [0.717, 1.165) is 24.8 Å². The fourth-order valence-corrected chi connectivity index (χ4v) is 3.42. The number of amides is 1. The number of anilines is 1. The predicted octanol–water partition coefficient (Wildman–Crippen LogP) is 3.72. The van der Waals surface area contributed by atoms with Crippen LogP contribution in [0.3, 0.4) is 0 Å². The van der Waals surface area contributed by atoms with Gasteiger partial charge < -0.3 is 5.32 Å². The van der Waals surface area contributed by atoms with Gasteiger partial charge in [0.1, 0.15) is 0 Å². The van der Waals surface area contributed by atoms with E-state index in [4.69, 9.17) is 0 Å². The highest BCUT2D eigenvalue weighted by atomic mass is 32.2. The Kier molecular flexibility index (Phi) is 6.58. The van der Waals surface area contributed by atoms with E-state index in [2.05, 4.69) is 17.0 Å². The monoisotopic (exact) mass is 360 g/mol. The van der Waals surface area contributed by atoms with Crippen LogP contribution in [0, 0.1) is 6.92 Å². The Hall–Kier alpha value is -2.34. The number of benzene rings is 2. The molecule has 0 aliphatic carbocycles. The maximum Gasteiger partial charge on any atom is 0.261 e. The third kappa shape index (κ3) is 5.60. The molecule has 25 heavy (non-hydrogen) atoms. The van der Waals surface area contributed by atoms with Gasteiger partial charge in [-0.25, -0.2) is 8.42 Å². The van der Waals surface area contributed by atoms with E-state index in [0.29, 0.717) is 17.8 Å². The minimum Gasteiger partial charge on any atom is -0.352 e. The van der Waals surface area contributed by atoms with Crippen LogP contribution in [0.15, 0.2) is 53.4 Å². The zero-order chi connectivity index (χ0) is 18.3. The maximum absolute atomic E-state index is 12.5. The van der Waals surface area contributed by atoms with Crippen LogP contribution in [0.5, 0.6) is 0 Å². The standard InChI is InChI=1S/C19H24N2O3S/c1-3-4-5-13-20-19(22)16-7-6-8-18(14-16)25(23,24)21-17-11-9-15(2)10-12-17/h6-12,14,21H,3-5,13H2,1-2H3,(H,20,22). The largest absolute Gasteiger partial charge is 0.352 e. The smallest absolute Gasteiger partial charge is 0.261 e. The highest BCUT2D eigenvalue weighted by Gasteiger charge is 2.16. The molecule has 0 bridgehead atoms.